The normalized spacial score (nSPS) is 11.8. The monoisotopic (exact) mass is 348 g/mol. The lowest BCUT2D eigenvalue weighted by atomic mass is 10.5. The smallest absolute Gasteiger partial charge is 0.169 e. The van der Waals surface area contributed by atoms with Crippen LogP contribution >= 0.6 is 15.9 Å². The van der Waals surface area contributed by atoms with Crippen molar-refractivity contribution in [1.82, 2.24) is 9.55 Å². The molecule has 0 fully saturated rings. The van der Waals surface area contributed by atoms with E-state index >= 15 is 0 Å². The van der Waals surface area contributed by atoms with E-state index in [0.717, 1.165) is 12.3 Å². The Balaban J connectivity index is 2.67. The van der Waals surface area contributed by atoms with Gasteiger partial charge in [0.15, 0.2) is 6.29 Å². The van der Waals surface area contributed by atoms with Crippen LogP contribution in [0.2, 0.25) is 25.7 Å². The van der Waals surface area contributed by atoms with Gasteiger partial charge in [0, 0.05) is 21.8 Å². The Morgan fingerprint density at radius 3 is 2.63 bits per heavy atom. The van der Waals surface area contributed by atoms with Crippen LogP contribution in [0.25, 0.3) is 0 Å². The molecule has 19 heavy (non-hydrogen) atoms. The molecule has 0 N–H and O–H groups in total. The third kappa shape index (κ3) is 5.17. The Morgan fingerprint density at radius 2 is 2.11 bits per heavy atom. The van der Waals surface area contributed by atoms with Gasteiger partial charge < -0.3 is 9.47 Å². The molecule has 0 radical (unpaired) electrons. The first kappa shape index (κ1) is 16.6. The van der Waals surface area contributed by atoms with Crippen molar-refractivity contribution < 1.29 is 14.3 Å². The first-order chi connectivity index (χ1) is 8.89. The molecular formula is C12H21BrN2O3Si. The third-order valence-electron chi connectivity index (χ3n) is 2.64. The van der Waals surface area contributed by atoms with Gasteiger partial charge in [-0.25, -0.2) is 4.98 Å². The van der Waals surface area contributed by atoms with Gasteiger partial charge in [0.25, 0.3) is 0 Å². The van der Waals surface area contributed by atoms with E-state index in [4.69, 9.17) is 9.47 Å². The van der Waals surface area contributed by atoms with Gasteiger partial charge in [0.1, 0.15) is 29.5 Å². The number of carbonyl (C=O) groups is 1. The summed E-state index contributed by atoms with van der Waals surface area (Å²) in [6.07, 6.45) is 0.776. The Labute approximate surface area is 123 Å². The molecule has 1 heterocycles. The largest absolute Gasteiger partial charge is 0.377 e. The van der Waals surface area contributed by atoms with Gasteiger partial charge in [0.2, 0.25) is 0 Å². The first-order valence-corrected chi connectivity index (χ1v) is 10.7. The second-order valence-corrected chi connectivity index (χ2v) is 11.9. The number of nitrogens with zero attached hydrogens (tertiary/aromatic N) is 2. The number of rotatable bonds is 8. The SMILES string of the molecule is COCc1nc(Br)c(C=O)n1COCC[Si](C)(C)C. The second-order valence-electron chi connectivity index (χ2n) is 5.53. The van der Waals surface area contributed by atoms with E-state index in [2.05, 4.69) is 40.6 Å². The summed E-state index contributed by atoms with van der Waals surface area (Å²) in [5.74, 6) is 0.685. The van der Waals surface area contributed by atoms with Gasteiger partial charge in [-0.1, -0.05) is 19.6 Å². The summed E-state index contributed by atoms with van der Waals surface area (Å²) in [5.41, 5.74) is 0.486. The van der Waals surface area contributed by atoms with Gasteiger partial charge in [-0.3, -0.25) is 9.36 Å². The highest BCUT2D eigenvalue weighted by Gasteiger charge is 2.16. The minimum atomic E-state index is -1.09. The molecule has 0 unspecified atom stereocenters. The Kier molecular flexibility index (Phi) is 6.38. The number of aldehydes is 1. The molecule has 0 amide bonds. The fraction of sp³-hybridized carbons (Fsp3) is 0.667. The Hall–Kier alpha value is -0.503. The molecule has 0 aliphatic carbocycles. The zero-order valence-corrected chi connectivity index (χ0v) is 14.5. The summed E-state index contributed by atoms with van der Waals surface area (Å²) < 4.78 is 13.0. The molecule has 0 saturated carbocycles. The van der Waals surface area contributed by atoms with E-state index in [1.807, 2.05) is 0 Å². The second kappa shape index (κ2) is 7.32. The lowest BCUT2D eigenvalue weighted by Gasteiger charge is -2.16. The van der Waals surface area contributed by atoms with Gasteiger partial charge in [-0.15, -0.1) is 0 Å². The topological polar surface area (TPSA) is 53.3 Å². The molecular weight excluding hydrogens is 328 g/mol. The molecule has 7 heteroatoms. The summed E-state index contributed by atoms with van der Waals surface area (Å²) in [4.78, 5) is 15.3. The number of hydrogen-bond donors (Lipinski definition) is 0. The van der Waals surface area contributed by atoms with Crippen LogP contribution in [0.3, 0.4) is 0 Å². The van der Waals surface area contributed by atoms with Crippen molar-refractivity contribution in [3.05, 3.63) is 16.1 Å². The van der Waals surface area contributed by atoms with E-state index in [1.165, 1.54) is 0 Å². The van der Waals surface area contributed by atoms with Crippen molar-refractivity contribution >= 4 is 30.3 Å². The number of carbonyl (C=O) groups excluding carboxylic acids is 1. The van der Waals surface area contributed by atoms with Crippen LogP contribution in [0.1, 0.15) is 16.3 Å². The maximum absolute atomic E-state index is 11.1. The Morgan fingerprint density at radius 1 is 1.42 bits per heavy atom. The molecule has 0 saturated heterocycles. The lowest BCUT2D eigenvalue weighted by Crippen LogP contribution is -2.22. The standard InChI is InChI=1S/C12H21BrN2O3Si/c1-17-8-11-14-12(13)10(7-16)15(11)9-18-5-6-19(2,3)4/h7H,5-6,8-9H2,1-4H3. The summed E-state index contributed by atoms with van der Waals surface area (Å²) >= 11 is 3.27. The van der Waals surface area contributed by atoms with Crippen LogP contribution < -0.4 is 0 Å². The zero-order valence-electron chi connectivity index (χ0n) is 11.9. The van der Waals surface area contributed by atoms with E-state index < -0.39 is 8.07 Å². The molecule has 0 bridgehead atoms. The molecule has 1 rings (SSSR count). The summed E-state index contributed by atoms with van der Waals surface area (Å²) in [5, 5.41) is 0. The minimum Gasteiger partial charge on any atom is -0.377 e. The van der Waals surface area contributed by atoms with Crippen LogP contribution in [-0.4, -0.2) is 37.6 Å². The molecule has 0 aromatic carbocycles. The van der Waals surface area contributed by atoms with E-state index in [-0.39, 0.29) is 0 Å². The highest BCUT2D eigenvalue weighted by molar-refractivity contribution is 9.10. The van der Waals surface area contributed by atoms with Gasteiger partial charge in [0.05, 0.1) is 0 Å². The van der Waals surface area contributed by atoms with Crippen molar-refractivity contribution in [3.63, 3.8) is 0 Å². The highest BCUT2D eigenvalue weighted by Crippen LogP contribution is 2.17. The van der Waals surface area contributed by atoms with Crippen LogP contribution in [0, 0.1) is 0 Å². The fourth-order valence-corrected chi connectivity index (χ4v) is 2.78. The maximum atomic E-state index is 11.1. The Bertz CT molecular complexity index is 429. The molecule has 1 aromatic heterocycles. The average Bonchev–Trinajstić information content (AvgIpc) is 2.60. The first-order valence-electron chi connectivity index (χ1n) is 6.16. The number of ether oxygens (including phenoxy) is 2. The average molecular weight is 349 g/mol. The van der Waals surface area contributed by atoms with E-state index in [0.29, 0.717) is 36.1 Å². The maximum Gasteiger partial charge on any atom is 0.169 e. The van der Waals surface area contributed by atoms with Crippen LogP contribution in [-0.2, 0) is 22.8 Å². The molecule has 0 aliphatic heterocycles. The quantitative estimate of drug-likeness (QED) is 0.411. The summed E-state index contributed by atoms with van der Waals surface area (Å²) in [6, 6.07) is 1.10. The number of methoxy groups -OCH3 is 1. The molecule has 0 spiro atoms. The van der Waals surface area contributed by atoms with Crippen LogP contribution in [0.5, 0.6) is 0 Å². The zero-order chi connectivity index (χ0) is 14.5. The van der Waals surface area contributed by atoms with E-state index in [1.54, 1.807) is 11.7 Å². The number of imidazole rings is 1. The predicted molar refractivity (Wildman–Crippen MR) is 80.1 cm³/mol. The van der Waals surface area contributed by atoms with Crippen molar-refractivity contribution in [2.24, 2.45) is 0 Å². The fourth-order valence-electron chi connectivity index (χ4n) is 1.51. The molecule has 108 valence electrons. The van der Waals surface area contributed by atoms with Gasteiger partial charge in [-0.2, -0.15) is 0 Å². The molecule has 1 aromatic rings. The van der Waals surface area contributed by atoms with Crippen molar-refractivity contribution in [1.29, 1.82) is 0 Å². The van der Waals surface area contributed by atoms with Crippen molar-refractivity contribution in [2.45, 2.75) is 39.0 Å². The summed E-state index contributed by atoms with van der Waals surface area (Å²) in [7, 11) is 0.503. The van der Waals surface area contributed by atoms with Crippen molar-refractivity contribution in [2.75, 3.05) is 13.7 Å². The third-order valence-corrected chi connectivity index (χ3v) is 4.93. The van der Waals surface area contributed by atoms with E-state index in [9.17, 15) is 4.79 Å². The molecule has 0 atom stereocenters. The van der Waals surface area contributed by atoms with Gasteiger partial charge in [-0.05, 0) is 22.0 Å². The number of aromatic nitrogens is 2. The van der Waals surface area contributed by atoms with Gasteiger partial charge >= 0.3 is 0 Å². The lowest BCUT2D eigenvalue weighted by molar-refractivity contribution is 0.0757. The van der Waals surface area contributed by atoms with Crippen LogP contribution in [0.15, 0.2) is 4.60 Å². The molecule has 0 aliphatic rings. The minimum absolute atomic E-state index is 0.329. The molecule has 5 nitrogen and oxygen atoms in total. The highest BCUT2D eigenvalue weighted by atomic mass is 79.9. The predicted octanol–water partition coefficient (Wildman–Crippen LogP) is 2.92. The summed E-state index contributed by atoms with van der Waals surface area (Å²) in [6.45, 7) is 8.29. The van der Waals surface area contributed by atoms with Crippen molar-refractivity contribution in [3.8, 4) is 0 Å². The number of hydrogen-bond acceptors (Lipinski definition) is 4. The number of halogens is 1. The van der Waals surface area contributed by atoms with Crippen LogP contribution in [0.4, 0.5) is 0 Å².